The number of carbonyl (C=O) groups excluding carboxylic acids is 1. The number of hydrogen-bond acceptors (Lipinski definition) is 5. The molecule has 0 fully saturated rings. The lowest BCUT2D eigenvalue weighted by atomic mass is 10.1. The van der Waals surface area contributed by atoms with Crippen molar-refractivity contribution in [1.29, 1.82) is 0 Å². The Bertz CT molecular complexity index is 487. The van der Waals surface area contributed by atoms with Crippen molar-refractivity contribution in [3.63, 3.8) is 0 Å². The Morgan fingerprint density at radius 3 is 2.25 bits per heavy atom. The molecule has 0 aromatic heterocycles. The molecule has 6 heteroatoms. The van der Waals surface area contributed by atoms with Crippen LogP contribution in [0.25, 0.3) is 0 Å². The number of carboxylic acid groups (broad SMARTS) is 1. The highest BCUT2D eigenvalue weighted by Crippen LogP contribution is 2.19. The summed E-state index contributed by atoms with van der Waals surface area (Å²) < 4.78 is 11.3. The van der Waals surface area contributed by atoms with Gasteiger partial charge in [0.2, 0.25) is 0 Å². The molecule has 0 aliphatic carbocycles. The molecule has 24 heavy (non-hydrogen) atoms. The number of nitrogens with zero attached hydrogens (tertiary/aromatic N) is 1. The average Bonchev–Trinajstić information content (AvgIpc) is 2.58. The zero-order valence-corrected chi connectivity index (χ0v) is 14.6. The first-order valence-electron chi connectivity index (χ1n) is 8.24. The topological polar surface area (TPSA) is 76.1 Å². The first-order chi connectivity index (χ1) is 11.5. The van der Waals surface area contributed by atoms with E-state index in [-0.39, 0.29) is 12.5 Å². The predicted octanol–water partition coefficient (Wildman–Crippen LogP) is 2.32. The number of benzene rings is 1. The van der Waals surface area contributed by atoms with Gasteiger partial charge in [0.15, 0.2) is 6.29 Å². The molecule has 1 aromatic rings. The molecule has 0 heterocycles. The maximum absolute atomic E-state index is 11.7. The fraction of sp³-hybridized carbons (Fsp3) is 0.556. The van der Waals surface area contributed by atoms with Gasteiger partial charge in [-0.15, -0.1) is 0 Å². The quantitative estimate of drug-likeness (QED) is 0.466. The van der Waals surface area contributed by atoms with Crippen molar-refractivity contribution >= 4 is 12.3 Å². The van der Waals surface area contributed by atoms with Gasteiger partial charge in [-0.05, 0) is 26.3 Å². The molecule has 6 nitrogen and oxygen atoms in total. The van der Waals surface area contributed by atoms with Crippen LogP contribution in [0.1, 0.15) is 32.8 Å². The summed E-state index contributed by atoms with van der Waals surface area (Å²) in [6.45, 7) is 6.89. The number of aldehydes is 1. The number of aliphatic carboxylic acids is 1. The summed E-state index contributed by atoms with van der Waals surface area (Å²) in [6.07, 6.45) is -0.00522. The third-order valence-corrected chi connectivity index (χ3v) is 3.79. The highest BCUT2D eigenvalue weighted by Gasteiger charge is 2.34. The third kappa shape index (κ3) is 6.03. The van der Waals surface area contributed by atoms with Crippen LogP contribution in [0.15, 0.2) is 30.3 Å². The number of hydrogen-bond donors (Lipinski definition) is 1. The van der Waals surface area contributed by atoms with Gasteiger partial charge in [0.25, 0.3) is 0 Å². The Balaban J connectivity index is 3.09. The molecule has 1 rings (SSSR count). The monoisotopic (exact) mass is 337 g/mol. The molecule has 0 aliphatic rings. The number of carboxylic acids is 1. The van der Waals surface area contributed by atoms with Crippen molar-refractivity contribution in [2.45, 2.75) is 52.1 Å². The third-order valence-electron chi connectivity index (χ3n) is 3.79. The van der Waals surface area contributed by atoms with Gasteiger partial charge in [0.1, 0.15) is 12.3 Å². The van der Waals surface area contributed by atoms with Gasteiger partial charge in [-0.3, -0.25) is 9.69 Å². The lowest BCUT2D eigenvalue weighted by Crippen LogP contribution is -2.51. The van der Waals surface area contributed by atoms with Crippen LogP contribution in [0, 0.1) is 0 Å². The van der Waals surface area contributed by atoms with Gasteiger partial charge in [-0.2, -0.15) is 0 Å². The molecule has 2 atom stereocenters. The summed E-state index contributed by atoms with van der Waals surface area (Å²) in [4.78, 5) is 24.4. The summed E-state index contributed by atoms with van der Waals surface area (Å²) in [6, 6.07) is 8.30. The van der Waals surface area contributed by atoms with E-state index < -0.39 is 18.3 Å². The lowest BCUT2D eigenvalue weighted by molar-refractivity contribution is -0.181. The zero-order valence-electron chi connectivity index (χ0n) is 14.6. The molecular formula is C18H27NO5. The van der Waals surface area contributed by atoms with E-state index in [4.69, 9.17) is 9.47 Å². The average molecular weight is 337 g/mol. The standard InChI is InChI=1S/C18H27NO5/c1-4-23-18(24-5-2)14(3)19(16(11-12-20)17(21)22)13-15-9-7-6-8-10-15/h6-10,12,14,16,18H,4-5,11,13H2,1-3H3,(H,21,22)/t14-,16?/m0/s1. The lowest BCUT2D eigenvalue weighted by Gasteiger charge is -2.37. The van der Waals surface area contributed by atoms with E-state index in [9.17, 15) is 14.7 Å². The molecule has 1 N–H and O–H groups in total. The second kappa shape index (κ2) is 10.9. The minimum atomic E-state index is -1.03. The van der Waals surface area contributed by atoms with Crippen LogP contribution in [0.5, 0.6) is 0 Å². The van der Waals surface area contributed by atoms with Crippen molar-refractivity contribution in [1.82, 2.24) is 4.90 Å². The Morgan fingerprint density at radius 2 is 1.79 bits per heavy atom. The molecule has 0 bridgehead atoms. The largest absolute Gasteiger partial charge is 0.480 e. The summed E-state index contributed by atoms with van der Waals surface area (Å²) >= 11 is 0. The molecular weight excluding hydrogens is 310 g/mol. The van der Waals surface area contributed by atoms with E-state index in [1.165, 1.54) is 0 Å². The zero-order chi connectivity index (χ0) is 17.9. The van der Waals surface area contributed by atoms with Crippen LogP contribution in [0.4, 0.5) is 0 Å². The highest BCUT2D eigenvalue weighted by atomic mass is 16.7. The van der Waals surface area contributed by atoms with Crippen molar-refractivity contribution in [2.24, 2.45) is 0 Å². The SMILES string of the molecule is CCOC(OCC)[C@H](C)N(Cc1ccccc1)C(CC=O)C(=O)O. The fourth-order valence-electron chi connectivity index (χ4n) is 2.61. The molecule has 1 unspecified atom stereocenters. The molecule has 0 amide bonds. The minimum absolute atomic E-state index is 0.0858. The number of ether oxygens (including phenoxy) is 2. The maximum atomic E-state index is 11.7. The van der Waals surface area contributed by atoms with Crippen LogP contribution in [-0.4, -0.2) is 53.8 Å². The van der Waals surface area contributed by atoms with E-state index in [0.29, 0.717) is 26.0 Å². The van der Waals surface area contributed by atoms with E-state index in [2.05, 4.69) is 0 Å². The molecule has 1 aromatic carbocycles. The Kier molecular flexibility index (Phi) is 9.22. The molecule has 0 radical (unpaired) electrons. The van der Waals surface area contributed by atoms with Gasteiger partial charge in [-0.1, -0.05) is 30.3 Å². The van der Waals surface area contributed by atoms with Gasteiger partial charge in [-0.25, -0.2) is 0 Å². The van der Waals surface area contributed by atoms with Gasteiger partial charge >= 0.3 is 5.97 Å². The number of carbonyl (C=O) groups is 2. The summed E-state index contributed by atoms with van der Waals surface area (Å²) in [7, 11) is 0. The van der Waals surface area contributed by atoms with E-state index >= 15 is 0 Å². The maximum Gasteiger partial charge on any atom is 0.321 e. The normalized spacial score (nSPS) is 13.9. The number of rotatable bonds is 12. The van der Waals surface area contributed by atoms with Crippen LogP contribution < -0.4 is 0 Å². The van der Waals surface area contributed by atoms with Crippen LogP contribution in [-0.2, 0) is 25.6 Å². The summed E-state index contributed by atoms with van der Waals surface area (Å²) in [5.74, 6) is -1.03. The first-order valence-corrected chi connectivity index (χ1v) is 8.24. The van der Waals surface area contributed by atoms with E-state index in [1.54, 1.807) is 4.90 Å². The van der Waals surface area contributed by atoms with Crippen LogP contribution in [0.2, 0.25) is 0 Å². The van der Waals surface area contributed by atoms with Crippen LogP contribution >= 0.6 is 0 Å². The minimum Gasteiger partial charge on any atom is -0.480 e. The second-order valence-corrected chi connectivity index (χ2v) is 5.43. The van der Waals surface area contributed by atoms with E-state index in [1.807, 2.05) is 51.1 Å². The molecule has 0 aliphatic heterocycles. The fourth-order valence-corrected chi connectivity index (χ4v) is 2.61. The van der Waals surface area contributed by atoms with Crippen molar-refractivity contribution < 1.29 is 24.2 Å². The highest BCUT2D eigenvalue weighted by molar-refractivity contribution is 5.77. The molecule has 0 spiro atoms. The van der Waals surface area contributed by atoms with Gasteiger partial charge < -0.3 is 19.4 Å². The van der Waals surface area contributed by atoms with Crippen molar-refractivity contribution in [2.75, 3.05) is 13.2 Å². The van der Waals surface area contributed by atoms with Crippen molar-refractivity contribution in [3.05, 3.63) is 35.9 Å². The van der Waals surface area contributed by atoms with Crippen LogP contribution in [0.3, 0.4) is 0 Å². The Morgan fingerprint density at radius 1 is 1.21 bits per heavy atom. The molecule has 0 saturated carbocycles. The summed E-state index contributed by atoms with van der Waals surface area (Å²) in [5, 5.41) is 9.56. The summed E-state index contributed by atoms with van der Waals surface area (Å²) in [5.41, 5.74) is 0.966. The smallest absolute Gasteiger partial charge is 0.321 e. The first kappa shape index (κ1) is 20.3. The predicted molar refractivity (Wildman–Crippen MR) is 90.6 cm³/mol. The Labute approximate surface area is 143 Å². The second-order valence-electron chi connectivity index (χ2n) is 5.43. The Hall–Kier alpha value is -1.76. The molecule has 134 valence electrons. The molecule has 0 saturated heterocycles. The van der Waals surface area contributed by atoms with Gasteiger partial charge in [0.05, 0.1) is 6.04 Å². The van der Waals surface area contributed by atoms with Crippen molar-refractivity contribution in [3.8, 4) is 0 Å². The van der Waals surface area contributed by atoms with E-state index in [0.717, 1.165) is 5.56 Å². The van der Waals surface area contributed by atoms with Gasteiger partial charge in [0, 0.05) is 26.2 Å².